The number of halogens is 2. The van der Waals surface area contributed by atoms with Crippen molar-refractivity contribution in [1.29, 1.82) is 0 Å². The van der Waals surface area contributed by atoms with E-state index in [2.05, 4.69) is 20.5 Å². The molecule has 7 nitrogen and oxygen atoms in total. The summed E-state index contributed by atoms with van der Waals surface area (Å²) in [5.74, 6) is -2.48. The molecule has 0 radical (unpaired) electrons. The molecule has 2 N–H and O–H groups in total. The first-order valence-electron chi connectivity index (χ1n) is 9.25. The van der Waals surface area contributed by atoms with Gasteiger partial charge in [-0.3, -0.25) is 19.3 Å². The summed E-state index contributed by atoms with van der Waals surface area (Å²) in [4.78, 5) is 29.8. The lowest BCUT2D eigenvalue weighted by Gasteiger charge is -2.13. The fraction of sp³-hybridized carbons (Fsp3) is 0.143. The molecule has 0 fully saturated rings. The summed E-state index contributed by atoms with van der Waals surface area (Å²) < 4.78 is 28.3. The minimum absolute atomic E-state index is 0.0524. The van der Waals surface area contributed by atoms with Gasteiger partial charge in [0.1, 0.15) is 5.39 Å². The molecule has 0 saturated carbocycles. The lowest BCUT2D eigenvalue weighted by atomic mass is 10.1. The molecule has 1 amide bonds. The third-order valence-corrected chi connectivity index (χ3v) is 5.76. The number of thioether (sulfide) groups is 1. The summed E-state index contributed by atoms with van der Waals surface area (Å²) in [5.41, 5.74) is 2.52. The zero-order valence-corrected chi connectivity index (χ0v) is 17.4. The summed E-state index contributed by atoms with van der Waals surface area (Å²) in [6.45, 7) is 3.86. The van der Waals surface area contributed by atoms with Crippen molar-refractivity contribution in [2.45, 2.75) is 19.0 Å². The third kappa shape index (κ3) is 4.06. The molecule has 4 aromatic rings. The molecule has 2 heterocycles. The number of amides is 1. The average molecular weight is 441 g/mol. The van der Waals surface area contributed by atoms with Gasteiger partial charge in [-0.25, -0.2) is 13.8 Å². The van der Waals surface area contributed by atoms with Crippen molar-refractivity contribution in [3.05, 3.63) is 75.7 Å². The minimum Gasteiger partial charge on any atom is -0.325 e. The predicted octanol–water partition coefficient (Wildman–Crippen LogP) is 3.73. The first-order valence-corrected chi connectivity index (χ1v) is 10.2. The molecule has 0 aliphatic heterocycles. The number of benzene rings is 2. The maximum Gasteiger partial charge on any atom is 0.269 e. The molecule has 2 aromatic carbocycles. The second-order valence-corrected chi connectivity index (χ2v) is 7.79. The van der Waals surface area contributed by atoms with Gasteiger partial charge in [-0.2, -0.15) is 5.10 Å². The standard InChI is InChI=1S/C21H17F2N5O2S/c1-11-4-3-5-17(12(11)2)25-18(29)10-31-21-26-19-14(9-24-27-19)20(30)28(21)13-6-7-15(22)16(23)8-13/h3-9H,10H2,1-2H3,(H,24,27)(H,25,29). The van der Waals surface area contributed by atoms with E-state index in [9.17, 15) is 18.4 Å². The number of carbonyl (C=O) groups excluding carboxylic acids is 1. The number of aromatic amines is 1. The summed E-state index contributed by atoms with van der Waals surface area (Å²) in [6.07, 6.45) is 1.31. The average Bonchev–Trinajstić information content (AvgIpc) is 3.21. The predicted molar refractivity (Wildman–Crippen MR) is 115 cm³/mol. The minimum atomic E-state index is -1.10. The van der Waals surface area contributed by atoms with Crippen molar-refractivity contribution < 1.29 is 13.6 Å². The van der Waals surface area contributed by atoms with Gasteiger partial charge in [-0.15, -0.1) is 0 Å². The first-order chi connectivity index (χ1) is 14.8. The Morgan fingerprint density at radius 3 is 2.77 bits per heavy atom. The third-order valence-electron chi connectivity index (χ3n) is 4.82. The Morgan fingerprint density at radius 1 is 1.19 bits per heavy atom. The smallest absolute Gasteiger partial charge is 0.269 e. The highest BCUT2D eigenvalue weighted by Crippen LogP contribution is 2.23. The molecule has 158 valence electrons. The van der Waals surface area contributed by atoms with Crippen LogP contribution in [-0.4, -0.2) is 31.4 Å². The van der Waals surface area contributed by atoms with Crippen LogP contribution in [-0.2, 0) is 4.79 Å². The second-order valence-electron chi connectivity index (χ2n) is 6.85. The van der Waals surface area contributed by atoms with Gasteiger partial charge in [0, 0.05) is 11.8 Å². The molecule has 2 aromatic heterocycles. The van der Waals surface area contributed by atoms with Crippen LogP contribution in [0.15, 0.2) is 52.5 Å². The van der Waals surface area contributed by atoms with E-state index in [0.717, 1.165) is 39.6 Å². The Labute approximate surface area is 179 Å². The van der Waals surface area contributed by atoms with Crippen molar-refractivity contribution in [2.24, 2.45) is 0 Å². The summed E-state index contributed by atoms with van der Waals surface area (Å²) in [7, 11) is 0. The summed E-state index contributed by atoms with van der Waals surface area (Å²) in [5, 5.41) is 9.60. The highest BCUT2D eigenvalue weighted by atomic mass is 32.2. The number of aromatic nitrogens is 4. The molecule has 4 rings (SSSR count). The Balaban J connectivity index is 1.66. The number of rotatable bonds is 5. The molecule has 0 bridgehead atoms. The maximum absolute atomic E-state index is 13.8. The number of nitrogens with one attached hydrogen (secondary N) is 2. The first kappa shape index (κ1) is 20.7. The van der Waals surface area contributed by atoms with Crippen molar-refractivity contribution in [1.82, 2.24) is 19.7 Å². The van der Waals surface area contributed by atoms with Gasteiger partial charge < -0.3 is 5.32 Å². The van der Waals surface area contributed by atoms with E-state index < -0.39 is 17.2 Å². The van der Waals surface area contributed by atoms with Crippen molar-refractivity contribution in [2.75, 3.05) is 11.1 Å². The summed E-state index contributed by atoms with van der Waals surface area (Å²) in [6, 6.07) is 8.71. The van der Waals surface area contributed by atoms with Crippen molar-refractivity contribution in [3.63, 3.8) is 0 Å². The van der Waals surface area contributed by atoms with Crippen LogP contribution in [0.1, 0.15) is 11.1 Å². The van der Waals surface area contributed by atoms with Gasteiger partial charge in [0.05, 0.1) is 17.6 Å². The van der Waals surface area contributed by atoms with Gasteiger partial charge >= 0.3 is 0 Å². The Morgan fingerprint density at radius 2 is 2.00 bits per heavy atom. The van der Waals surface area contributed by atoms with Crippen LogP contribution in [0.25, 0.3) is 16.7 Å². The van der Waals surface area contributed by atoms with Crippen LogP contribution in [0.3, 0.4) is 0 Å². The fourth-order valence-corrected chi connectivity index (χ4v) is 3.83. The van der Waals surface area contributed by atoms with E-state index in [1.54, 1.807) is 6.07 Å². The van der Waals surface area contributed by atoms with E-state index in [1.165, 1.54) is 12.3 Å². The van der Waals surface area contributed by atoms with Crippen LogP contribution < -0.4 is 10.9 Å². The van der Waals surface area contributed by atoms with E-state index >= 15 is 0 Å². The van der Waals surface area contributed by atoms with Crippen LogP contribution in [0.4, 0.5) is 14.5 Å². The lowest BCUT2D eigenvalue weighted by molar-refractivity contribution is -0.113. The molecule has 0 spiro atoms. The van der Waals surface area contributed by atoms with E-state index in [1.807, 2.05) is 26.0 Å². The van der Waals surface area contributed by atoms with Crippen LogP contribution in [0.5, 0.6) is 0 Å². The summed E-state index contributed by atoms with van der Waals surface area (Å²) >= 11 is 0.998. The molecular formula is C21H17F2N5O2S. The highest BCUT2D eigenvalue weighted by molar-refractivity contribution is 7.99. The Hall–Kier alpha value is -3.53. The quantitative estimate of drug-likeness (QED) is 0.364. The largest absolute Gasteiger partial charge is 0.325 e. The molecule has 31 heavy (non-hydrogen) atoms. The Kier molecular flexibility index (Phi) is 5.55. The van der Waals surface area contributed by atoms with Crippen LogP contribution in [0.2, 0.25) is 0 Å². The zero-order valence-electron chi connectivity index (χ0n) is 16.6. The molecule has 0 unspecified atom stereocenters. The van der Waals surface area contributed by atoms with E-state index in [-0.39, 0.29) is 33.5 Å². The molecule has 0 atom stereocenters. The molecule has 0 aliphatic carbocycles. The number of anilines is 1. The molecule has 0 saturated heterocycles. The van der Waals surface area contributed by atoms with Crippen LogP contribution >= 0.6 is 11.8 Å². The van der Waals surface area contributed by atoms with Crippen LogP contribution in [0, 0.1) is 25.5 Å². The number of hydrogen-bond donors (Lipinski definition) is 2. The van der Waals surface area contributed by atoms with Gasteiger partial charge in [0.2, 0.25) is 5.91 Å². The van der Waals surface area contributed by atoms with Gasteiger partial charge in [-0.1, -0.05) is 23.9 Å². The highest BCUT2D eigenvalue weighted by Gasteiger charge is 2.17. The zero-order chi connectivity index (χ0) is 22.1. The SMILES string of the molecule is Cc1cccc(NC(=O)CSc2nc3[nH]ncc3c(=O)n2-c2ccc(F)c(F)c2)c1C. The number of fused-ring (bicyclic) bond motifs is 1. The molecular weight excluding hydrogens is 424 g/mol. The maximum atomic E-state index is 13.8. The number of H-pyrrole nitrogens is 1. The van der Waals surface area contributed by atoms with Crippen molar-refractivity contribution >= 4 is 34.4 Å². The van der Waals surface area contributed by atoms with Gasteiger partial charge in [-0.05, 0) is 43.2 Å². The molecule has 0 aliphatic rings. The number of aryl methyl sites for hydroxylation is 1. The van der Waals surface area contributed by atoms with Crippen molar-refractivity contribution in [3.8, 4) is 5.69 Å². The number of carbonyl (C=O) groups is 1. The topological polar surface area (TPSA) is 92.7 Å². The van der Waals surface area contributed by atoms with Gasteiger partial charge in [0.25, 0.3) is 5.56 Å². The molecule has 10 heteroatoms. The fourth-order valence-electron chi connectivity index (χ4n) is 3.03. The number of nitrogens with zero attached hydrogens (tertiary/aromatic N) is 3. The monoisotopic (exact) mass is 441 g/mol. The Bertz CT molecular complexity index is 1370. The second kappa shape index (κ2) is 8.31. The van der Waals surface area contributed by atoms with E-state index in [0.29, 0.717) is 5.69 Å². The lowest BCUT2D eigenvalue weighted by Crippen LogP contribution is -2.23. The van der Waals surface area contributed by atoms with Gasteiger partial charge in [0.15, 0.2) is 22.4 Å². The van der Waals surface area contributed by atoms with E-state index in [4.69, 9.17) is 0 Å². The normalized spacial score (nSPS) is 11.1. The number of hydrogen-bond acceptors (Lipinski definition) is 5.